The lowest BCUT2D eigenvalue weighted by atomic mass is 9.69. The van der Waals surface area contributed by atoms with E-state index in [1.54, 1.807) is 6.07 Å². The zero-order valence-electron chi connectivity index (χ0n) is 30.8. The SMILES string of the molecule is CNCCC1(CCCOCCN2CCC(c3ccc4c(c3)C3(CCCCC3)c3nc(=O)c5c(Cl)cccc5n3-4)CC2)COc2c1ccc1c2CNC1=O. The summed E-state index contributed by atoms with van der Waals surface area (Å²) in [5, 5.41) is 7.26. The van der Waals surface area contributed by atoms with E-state index in [2.05, 4.69) is 44.4 Å². The molecule has 5 aliphatic rings. The monoisotopic (exact) mass is 735 g/mol. The van der Waals surface area contributed by atoms with E-state index in [1.807, 2.05) is 25.2 Å². The summed E-state index contributed by atoms with van der Waals surface area (Å²) in [4.78, 5) is 32.9. The van der Waals surface area contributed by atoms with E-state index in [-0.39, 0.29) is 22.3 Å². The largest absolute Gasteiger partial charge is 0.492 e. The van der Waals surface area contributed by atoms with Gasteiger partial charge in [0, 0.05) is 41.8 Å². The van der Waals surface area contributed by atoms with Crippen LogP contribution in [0.3, 0.4) is 0 Å². The molecule has 1 aliphatic carbocycles. The number of carbonyl (C=O) groups excluding carboxylic acids is 1. The maximum absolute atomic E-state index is 13.4. The molecule has 2 fully saturated rings. The Hall–Kier alpha value is -3.76. The van der Waals surface area contributed by atoms with Gasteiger partial charge in [-0.1, -0.05) is 55.1 Å². The number of fused-ring (bicyclic) bond motifs is 10. The fourth-order valence-corrected chi connectivity index (χ4v) is 10.5. The van der Waals surface area contributed by atoms with Gasteiger partial charge in [-0.15, -0.1) is 0 Å². The van der Waals surface area contributed by atoms with Crippen molar-refractivity contribution in [1.29, 1.82) is 0 Å². The highest BCUT2D eigenvalue weighted by Crippen LogP contribution is 2.52. The number of aromatic nitrogens is 2. The number of hydrogen-bond donors (Lipinski definition) is 2. The van der Waals surface area contributed by atoms with Crippen molar-refractivity contribution in [3.05, 3.63) is 97.5 Å². The molecule has 1 saturated heterocycles. The van der Waals surface area contributed by atoms with Crippen LogP contribution in [0.1, 0.15) is 109 Å². The first kappa shape index (κ1) is 35.0. The number of hydrogen-bond acceptors (Lipinski definition) is 7. The maximum Gasteiger partial charge on any atom is 0.282 e. The van der Waals surface area contributed by atoms with E-state index in [1.165, 1.54) is 23.1 Å². The lowest BCUT2D eigenvalue weighted by Crippen LogP contribution is -2.35. The number of ether oxygens (including phenoxy) is 2. The van der Waals surface area contributed by atoms with E-state index < -0.39 is 0 Å². The van der Waals surface area contributed by atoms with E-state index in [4.69, 9.17) is 26.1 Å². The zero-order valence-corrected chi connectivity index (χ0v) is 31.5. The Bertz CT molecular complexity index is 2120. The molecule has 53 heavy (non-hydrogen) atoms. The minimum Gasteiger partial charge on any atom is -0.492 e. The van der Waals surface area contributed by atoms with E-state index in [9.17, 15) is 9.59 Å². The molecule has 9 rings (SSSR count). The first-order valence-corrected chi connectivity index (χ1v) is 20.2. The van der Waals surface area contributed by atoms with Crippen molar-refractivity contribution in [2.75, 3.05) is 53.0 Å². The molecule has 9 nitrogen and oxygen atoms in total. The Morgan fingerprint density at radius 2 is 1.87 bits per heavy atom. The second kappa shape index (κ2) is 14.1. The molecule has 1 unspecified atom stereocenters. The first-order chi connectivity index (χ1) is 25.9. The number of likely N-dealkylation sites (tertiary alicyclic amines) is 1. The van der Waals surface area contributed by atoms with Gasteiger partial charge in [0.2, 0.25) is 0 Å². The molecule has 1 atom stereocenters. The number of amides is 1. The molecule has 0 bridgehead atoms. The van der Waals surface area contributed by atoms with Crippen LogP contribution in [0.25, 0.3) is 16.6 Å². The van der Waals surface area contributed by atoms with Crippen LogP contribution in [0.2, 0.25) is 5.02 Å². The van der Waals surface area contributed by atoms with Gasteiger partial charge >= 0.3 is 0 Å². The Balaban J connectivity index is 0.815. The molecule has 4 aromatic rings. The van der Waals surface area contributed by atoms with Crippen LogP contribution < -0.4 is 20.9 Å². The second-order valence-electron chi connectivity index (χ2n) is 16.0. The molecule has 0 radical (unpaired) electrons. The highest BCUT2D eigenvalue weighted by Gasteiger charge is 2.47. The summed E-state index contributed by atoms with van der Waals surface area (Å²) in [6.45, 7) is 6.69. The topological polar surface area (TPSA) is 97.7 Å². The maximum atomic E-state index is 13.4. The molecular formula is C43H50ClN5O4. The average Bonchev–Trinajstić information content (AvgIpc) is 3.83. The molecule has 1 amide bonds. The molecular weight excluding hydrogens is 686 g/mol. The van der Waals surface area contributed by atoms with Gasteiger partial charge < -0.3 is 25.0 Å². The summed E-state index contributed by atoms with van der Waals surface area (Å²) in [6, 6.07) is 16.9. The Morgan fingerprint density at radius 3 is 2.70 bits per heavy atom. The molecule has 4 aliphatic heterocycles. The van der Waals surface area contributed by atoms with Crippen LogP contribution in [0.5, 0.6) is 5.75 Å². The summed E-state index contributed by atoms with van der Waals surface area (Å²) in [5.74, 6) is 2.35. The lowest BCUT2D eigenvalue weighted by molar-refractivity contribution is 0.0866. The van der Waals surface area contributed by atoms with Crippen LogP contribution >= 0.6 is 11.6 Å². The quantitative estimate of drug-likeness (QED) is 0.164. The lowest BCUT2D eigenvalue weighted by Gasteiger charge is -2.35. The number of rotatable bonds is 11. The average molecular weight is 736 g/mol. The third-order valence-electron chi connectivity index (χ3n) is 13.2. The molecule has 3 aromatic carbocycles. The Morgan fingerprint density at radius 1 is 1.02 bits per heavy atom. The van der Waals surface area contributed by atoms with E-state index in [0.717, 1.165) is 131 Å². The van der Waals surface area contributed by atoms with Gasteiger partial charge in [-0.3, -0.25) is 14.2 Å². The van der Waals surface area contributed by atoms with Crippen molar-refractivity contribution in [3.8, 4) is 11.4 Å². The zero-order chi connectivity index (χ0) is 36.2. The van der Waals surface area contributed by atoms with E-state index in [0.29, 0.717) is 29.5 Å². The van der Waals surface area contributed by atoms with Crippen molar-refractivity contribution >= 4 is 28.4 Å². The molecule has 278 valence electrons. The van der Waals surface area contributed by atoms with Crippen molar-refractivity contribution in [1.82, 2.24) is 25.1 Å². The van der Waals surface area contributed by atoms with Crippen molar-refractivity contribution in [2.24, 2.45) is 0 Å². The second-order valence-corrected chi connectivity index (χ2v) is 16.4. The highest BCUT2D eigenvalue weighted by molar-refractivity contribution is 6.35. The molecule has 1 saturated carbocycles. The van der Waals surface area contributed by atoms with Gasteiger partial charge in [-0.2, -0.15) is 4.98 Å². The van der Waals surface area contributed by atoms with Crippen LogP contribution in [0, 0.1) is 0 Å². The van der Waals surface area contributed by atoms with Crippen LogP contribution in [0.4, 0.5) is 0 Å². The van der Waals surface area contributed by atoms with Crippen molar-refractivity contribution in [2.45, 2.75) is 87.5 Å². The summed E-state index contributed by atoms with van der Waals surface area (Å²) < 4.78 is 14.8. The Kier molecular flexibility index (Phi) is 9.33. The van der Waals surface area contributed by atoms with Gasteiger partial charge in [-0.05, 0) is 113 Å². The predicted molar refractivity (Wildman–Crippen MR) is 208 cm³/mol. The van der Waals surface area contributed by atoms with Crippen molar-refractivity contribution in [3.63, 3.8) is 0 Å². The smallest absolute Gasteiger partial charge is 0.282 e. The fourth-order valence-electron chi connectivity index (χ4n) is 10.3. The Labute approximate surface area is 316 Å². The molecule has 1 spiro atoms. The minimum absolute atomic E-state index is 0.00292. The van der Waals surface area contributed by atoms with Crippen LogP contribution in [-0.4, -0.2) is 73.4 Å². The molecule has 5 heterocycles. The fraction of sp³-hybridized carbons (Fsp3) is 0.512. The number of nitrogens with zero attached hydrogens (tertiary/aromatic N) is 3. The molecule has 1 aromatic heterocycles. The number of benzene rings is 3. The van der Waals surface area contributed by atoms with Gasteiger partial charge in [0.15, 0.2) is 0 Å². The normalized spacial score (nSPS) is 21.7. The van der Waals surface area contributed by atoms with Crippen LogP contribution in [0.15, 0.2) is 53.3 Å². The number of nitrogens with one attached hydrogen (secondary N) is 2. The summed E-state index contributed by atoms with van der Waals surface area (Å²) in [7, 11) is 2.00. The van der Waals surface area contributed by atoms with Gasteiger partial charge in [0.25, 0.3) is 11.5 Å². The van der Waals surface area contributed by atoms with Gasteiger partial charge in [0.05, 0.1) is 40.2 Å². The number of piperidine rings is 1. The molecule has 10 heteroatoms. The predicted octanol–water partition coefficient (Wildman–Crippen LogP) is 6.76. The number of carbonyl (C=O) groups is 1. The standard InChI is InChI=1S/C43H50ClN5O4/c1-45-19-18-42(27-53-38-31-26-46-39(50)30(31)10-11-32(38)42)15-6-23-52-24-22-48-20-13-28(14-21-48)29-9-12-35-33(25-29)43(16-3-2-4-17-43)41-47-40(51)37-34(44)7-5-8-36(37)49(35)41/h5,7-12,25,28,45H,2-4,6,13-24,26-27H2,1H3,(H,46,50). The third kappa shape index (κ3) is 5.90. The summed E-state index contributed by atoms with van der Waals surface area (Å²) in [6.07, 6.45) is 10.8. The summed E-state index contributed by atoms with van der Waals surface area (Å²) >= 11 is 6.56. The minimum atomic E-state index is -0.214. The van der Waals surface area contributed by atoms with Gasteiger partial charge in [0.1, 0.15) is 11.6 Å². The van der Waals surface area contributed by atoms with E-state index >= 15 is 0 Å². The van der Waals surface area contributed by atoms with Crippen molar-refractivity contribution < 1.29 is 14.3 Å². The first-order valence-electron chi connectivity index (χ1n) is 19.8. The van der Waals surface area contributed by atoms with Crippen LogP contribution in [-0.2, 0) is 22.1 Å². The molecule has 2 N–H and O–H groups in total. The third-order valence-corrected chi connectivity index (χ3v) is 13.5. The number of halogens is 1. The highest BCUT2D eigenvalue weighted by atomic mass is 35.5. The van der Waals surface area contributed by atoms with Gasteiger partial charge in [-0.25, -0.2) is 0 Å². The summed E-state index contributed by atoms with van der Waals surface area (Å²) in [5.41, 5.74) is 7.33.